The highest BCUT2D eigenvalue weighted by molar-refractivity contribution is 5.21. The quantitative estimate of drug-likeness (QED) is 0.783. The van der Waals surface area contributed by atoms with Crippen LogP contribution in [0.25, 0.3) is 0 Å². The van der Waals surface area contributed by atoms with Gasteiger partial charge in [-0.05, 0) is 18.1 Å². The van der Waals surface area contributed by atoms with Crippen molar-refractivity contribution in [3.8, 4) is 0 Å². The Morgan fingerprint density at radius 3 is 2.43 bits per heavy atom. The van der Waals surface area contributed by atoms with Gasteiger partial charge in [-0.3, -0.25) is 0 Å². The number of rotatable bonds is 8. The van der Waals surface area contributed by atoms with E-state index in [1.54, 1.807) is 0 Å². The zero-order chi connectivity index (χ0) is 14.9. The summed E-state index contributed by atoms with van der Waals surface area (Å²) in [6.07, 6.45) is -0.487. The van der Waals surface area contributed by atoms with E-state index in [1.165, 1.54) is 11.1 Å². The lowest BCUT2D eigenvalue weighted by Gasteiger charge is -2.12. The van der Waals surface area contributed by atoms with Crippen LogP contribution in [-0.4, -0.2) is 24.4 Å². The van der Waals surface area contributed by atoms with Crippen molar-refractivity contribution in [2.45, 2.75) is 26.2 Å². The second-order valence-electron chi connectivity index (χ2n) is 5.27. The van der Waals surface area contributed by atoms with Gasteiger partial charge >= 0.3 is 0 Å². The number of aliphatic hydroxyl groups excluding tert-OH is 1. The van der Waals surface area contributed by atoms with E-state index in [9.17, 15) is 5.11 Å². The minimum atomic E-state index is -0.487. The first-order valence-electron chi connectivity index (χ1n) is 7.30. The molecule has 21 heavy (non-hydrogen) atoms. The number of aliphatic hydroxyl groups is 1. The summed E-state index contributed by atoms with van der Waals surface area (Å²) in [6, 6.07) is 18.4. The van der Waals surface area contributed by atoms with E-state index < -0.39 is 6.10 Å². The van der Waals surface area contributed by atoms with Crippen molar-refractivity contribution in [2.75, 3.05) is 13.2 Å². The predicted octanol–water partition coefficient (Wildman–Crippen LogP) is 2.66. The summed E-state index contributed by atoms with van der Waals surface area (Å²) in [5, 5.41) is 13.1. The molecule has 0 aromatic heterocycles. The lowest BCUT2D eigenvalue weighted by Crippen LogP contribution is -2.30. The summed E-state index contributed by atoms with van der Waals surface area (Å²) in [5.74, 6) is 0. The molecule has 1 unspecified atom stereocenters. The third-order valence-corrected chi connectivity index (χ3v) is 3.25. The van der Waals surface area contributed by atoms with Gasteiger partial charge in [0.2, 0.25) is 0 Å². The molecular weight excluding hydrogens is 262 g/mol. The second-order valence-corrected chi connectivity index (χ2v) is 5.27. The fourth-order valence-corrected chi connectivity index (χ4v) is 2.04. The van der Waals surface area contributed by atoms with Gasteiger partial charge in [-0.25, -0.2) is 0 Å². The normalized spacial score (nSPS) is 12.3. The molecule has 112 valence electrons. The molecule has 3 nitrogen and oxygen atoms in total. The van der Waals surface area contributed by atoms with Crippen LogP contribution in [-0.2, 0) is 17.9 Å². The molecule has 3 heteroatoms. The van der Waals surface area contributed by atoms with Crippen LogP contribution in [0.15, 0.2) is 54.6 Å². The van der Waals surface area contributed by atoms with Crippen molar-refractivity contribution in [3.63, 3.8) is 0 Å². The average Bonchev–Trinajstić information content (AvgIpc) is 2.50. The maximum absolute atomic E-state index is 9.86. The fourth-order valence-electron chi connectivity index (χ4n) is 2.04. The van der Waals surface area contributed by atoms with Gasteiger partial charge in [0.25, 0.3) is 0 Å². The molecule has 2 N–H and O–H groups in total. The van der Waals surface area contributed by atoms with Crippen LogP contribution in [0.2, 0.25) is 0 Å². The van der Waals surface area contributed by atoms with Crippen LogP contribution < -0.4 is 5.32 Å². The zero-order valence-electron chi connectivity index (χ0n) is 12.5. The largest absolute Gasteiger partial charge is 0.389 e. The lowest BCUT2D eigenvalue weighted by molar-refractivity contribution is 0.0287. The standard InChI is InChI=1S/C18H23NO2/c1-15-7-9-16(10-8-15)11-19-12-18(20)14-21-13-17-5-3-2-4-6-17/h2-10,18-20H,11-14H2,1H3. The van der Waals surface area contributed by atoms with Gasteiger partial charge in [0.1, 0.15) is 0 Å². The van der Waals surface area contributed by atoms with Crippen LogP contribution in [0.3, 0.4) is 0 Å². The SMILES string of the molecule is Cc1ccc(CNCC(O)COCc2ccccc2)cc1. The monoisotopic (exact) mass is 285 g/mol. The topological polar surface area (TPSA) is 41.5 Å². The molecule has 0 bridgehead atoms. The lowest BCUT2D eigenvalue weighted by atomic mass is 10.1. The van der Waals surface area contributed by atoms with Gasteiger partial charge in [-0.2, -0.15) is 0 Å². The van der Waals surface area contributed by atoms with Gasteiger partial charge in [-0.1, -0.05) is 60.2 Å². The Balaban J connectivity index is 1.59. The maximum atomic E-state index is 9.86. The zero-order valence-corrected chi connectivity index (χ0v) is 12.5. The first kappa shape index (κ1) is 15.7. The molecule has 2 aromatic rings. The minimum Gasteiger partial charge on any atom is -0.389 e. The van der Waals surface area contributed by atoms with E-state index in [1.807, 2.05) is 30.3 Å². The molecule has 0 radical (unpaired) electrons. The summed E-state index contributed by atoms with van der Waals surface area (Å²) >= 11 is 0. The molecule has 2 aromatic carbocycles. The van der Waals surface area contributed by atoms with E-state index in [2.05, 4.69) is 36.5 Å². The summed E-state index contributed by atoms with van der Waals surface area (Å²) < 4.78 is 5.51. The molecular formula is C18H23NO2. The van der Waals surface area contributed by atoms with Gasteiger partial charge in [0, 0.05) is 13.1 Å². The molecule has 0 heterocycles. The summed E-state index contributed by atoms with van der Waals surface area (Å²) in [4.78, 5) is 0. The first-order valence-corrected chi connectivity index (χ1v) is 7.30. The Kier molecular flexibility index (Phi) is 6.41. The van der Waals surface area contributed by atoms with Gasteiger partial charge in [-0.15, -0.1) is 0 Å². The summed E-state index contributed by atoms with van der Waals surface area (Å²) in [6.45, 7) is 4.25. The van der Waals surface area contributed by atoms with E-state index in [0.717, 1.165) is 12.1 Å². The maximum Gasteiger partial charge on any atom is 0.0897 e. The van der Waals surface area contributed by atoms with Crippen LogP contribution >= 0.6 is 0 Å². The van der Waals surface area contributed by atoms with Crippen LogP contribution in [0.5, 0.6) is 0 Å². The van der Waals surface area contributed by atoms with E-state index in [4.69, 9.17) is 4.74 Å². The third kappa shape index (κ3) is 6.08. The van der Waals surface area contributed by atoms with E-state index in [0.29, 0.717) is 19.8 Å². The van der Waals surface area contributed by atoms with Crippen molar-refractivity contribution < 1.29 is 9.84 Å². The molecule has 0 aliphatic heterocycles. The number of ether oxygens (including phenoxy) is 1. The predicted molar refractivity (Wildman–Crippen MR) is 85.0 cm³/mol. The Bertz CT molecular complexity index is 511. The molecule has 1 atom stereocenters. The minimum absolute atomic E-state index is 0.343. The molecule has 0 aliphatic carbocycles. The number of nitrogens with one attached hydrogen (secondary N) is 1. The molecule has 0 amide bonds. The highest BCUT2D eigenvalue weighted by Gasteiger charge is 2.04. The van der Waals surface area contributed by atoms with E-state index >= 15 is 0 Å². The fraction of sp³-hybridized carbons (Fsp3) is 0.333. The van der Waals surface area contributed by atoms with Crippen molar-refractivity contribution in [1.82, 2.24) is 5.32 Å². The van der Waals surface area contributed by atoms with Crippen LogP contribution in [0.1, 0.15) is 16.7 Å². The molecule has 0 saturated carbocycles. The Morgan fingerprint density at radius 1 is 1.00 bits per heavy atom. The summed E-state index contributed by atoms with van der Waals surface area (Å²) in [5.41, 5.74) is 3.60. The van der Waals surface area contributed by atoms with Gasteiger partial charge in [0.05, 0.1) is 19.3 Å². The Hall–Kier alpha value is -1.68. The van der Waals surface area contributed by atoms with Crippen molar-refractivity contribution in [3.05, 3.63) is 71.3 Å². The molecule has 0 saturated heterocycles. The second kappa shape index (κ2) is 8.57. The van der Waals surface area contributed by atoms with Crippen molar-refractivity contribution >= 4 is 0 Å². The number of hydrogen-bond acceptors (Lipinski definition) is 3. The summed E-state index contributed by atoms with van der Waals surface area (Å²) in [7, 11) is 0. The number of benzene rings is 2. The number of aryl methyl sites for hydroxylation is 1. The molecule has 2 rings (SSSR count). The van der Waals surface area contributed by atoms with Gasteiger partial charge < -0.3 is 15.2 Å². The van der Waals surface area contributed by atoms with Crippen LogP contribution in [0, 0.1) is 6.92 Å². The third-order valence-electron chi connectivity index (χ3n) is 3.25. The molecule has 0 spiro atoms. The van der Waals surface area contributed by atoms with E-state index in [-0.39, 0.29) is 0 Å². The Morgan fingerprint density at radius 2 is 1.71 bits per heavy atom. The average molecular weight is 285 g/mol. The highest BCUT2D eigenvalue weighted by atomic mass is 16.5. The Labute approximate surface area is 126 Å². The van der Waals surface area contributed by atoms with Crippen molar-refractivity contribution in [2.24, 2.45) is 0 Å². The first-order chi connectivity index (χ1) is 10.2. The molecule has 0 fully saturated rings. The number of hydrogen-bond donors (Lipinski definition) is 2. The van der Waals surface area contributed by atoms with Crippen molar-refractivity contribution in [1.29, 1.82) is 0 Å². The smallest absolute Gasteiger partial charge is 0.0897 e. The highest BCUT2D eigenvalue weighted by Crippen LogP contribution is 2.03. The van der Waals surface area contributed by atoms with Gasteiger partial charge in [0.15, 0.2) is 0 Å². The van der Waals surface area contributed by atoms with Crippen LogP contribution in [0.4, 0.5) is 0 Å². The molecule has 0 aliphatic rings.